The maximum absolute atomic E-state index is 3.90. The van der Waals surface area contributed by atoms with E-state index in [1.807, 2.05) is 0 Å². The Bertz CT molecular complexity index is 140. The van der Waals surface area contributed by atoms with Crippen molar-refractivity contribution in [2.75, 3.05) is 0 Å². The van der Waals surface area contributed by atoms with Crippen LogP contribution in [-0.4, -0.2) is 10.4 Å². The molecule has 1 heterocycles. The Hall–Kier alpha value is -0.180. The van der Waals surface area contributed by atoms with E-state index in [0.29, 0.717) is 0 Å². The smallest absolute Gasteiger partial charge is 0.152 e. The molecule has 1 aliphatic heterocycles. The minimum atomic E-state index is 0.207. The van der Waals surface area contributed by atoms with Gasteiger partial charge >= 0.3 is 0 Å². The summed E-state index contributed by atoms with van der Waals surface area (Å²) >= 11 is 1.71. The molecule has 1 N–H and O–H groups in total. The van der Waals surface area contributed by atoms with Crippen molar-refractivity contribution in [3.8, 4) is 0 Å². The van der Waals surface area contributed by atoms with Crippen molar-refractivity contribution in [3.05, 3.63) is 6.42 Å². The first kappa shape index (κ1) is 6.53. The van der Waals surface area contributed by atoms with E-state index >= 15 is 0 Å². The first-order valence-electron chi connectivity index (χ1n) is 3.63. The van der Waals surface area contributed by atoms with Gasteiger partial charge in [0.25, 0.3) is 0 Å². The molecule has 1 unspecified atom stereocenters. The van der Waals surface area contributed by atoms with E-state index in [2.05, 4.69) is 22.5 Å². The summed E-state index contributed by atoms with van der Waals surface area (Å²) < 4.78 is 0. The number of thioether (sulfide) groups is 1. The van der Waals surface area contributed by atoms with Crippen LogP contribution in [0.1, 0.15) is 25.7 Å². The number of nitrogens with zero attached hydrogens (tertiary/aromatic N) is 1. The van der Waals surface area contributed by atoms with Gasteiger partial charge in [0.15, 0.2) is 5.55 Å². The van der Waals surface area contributed by atoms with Crippen molar-refractivity contribution in [3.63, 3.8) is 0 Å². The second kappa shape index (κ2) is 2.46. The summed E-state index contributed by atoms with van der Waals surface area (Å²) in [5.41, 5.74) is 6.01. The molecule has 2 rings (SSSR count). The largest absolute Gasteiger partial charge is 0.292 e. The SMILES string of the molecule is [C]1=NNC2(C[CH]CCC2)S1. The molecule has 2 nitrogen and oxygen atoms in total. The van der Waals surface area contributed by atoms with Crippen LogP contribution in [0.25, 0.3) is 0 Å². The first-order valence-corrected chi connectivity index (χ1v) is 4.45. The number of rotatable bonds is 0. The Labute approximate surface area is 65.5 Å². The second-order valence-electron chi connectivity index (χ2n) is 2.80. The van der Waals surface area contributed by atoms with Crippen LogP contribution in [0.15, 0.2) is 5.10 Å². The number of hydrazone groups is 1. The molecule has 2 radical (unpaired) electrons. The zero-order chi connectivity index (χ0) is 6.86. The molecule has 0 bridgehead atoms. The third-order valence-electron chi connectivity index (χ3n) is 2.01. The lowest BCUT2D eigenvalue weighted by atomic mass is 9.95. The van der Waals surface area contributed by atoms with Gasteiger partial charge in [-0.1, -0.05) is 11.8 Å². The van der Waals surface area contributed by atoms with E-state index in [-0.39, 0.29) is 4.87 Å². The molecule has 1 aliphatic carbocycles. The van der Waals surface area contributed by atoms with Crippen molar-refractivity contribution in [1.82, 2.24) is 5.43 Å². The minimum absolute atomic E-state index is 0.207. The lowest BCUT2D eigenvalue weighted by Gasteiger charge is -2.30. The molecule has 0 aromatic rings. The molecule has 1 spiro atoms. The van der Waals surface area contributed by atoms with Crippen LogP contribution in [0.3, 0.4) is 0 Å². The van der Waals surface area contributed by atoms with E-state index in [9.17, 15) is 0 Å². The average Bonchev–Trinajstić information content (AvgIpc) is 2.39. The monoisotopic (exact) mass is 154 g/mol. The molecule has 10 heavy (non-hydrogen) atoms. The van der Waals surface area contributed by atoms with Gasteiger partial charge in [-0.3, -0.25) is 5.43 Å². The fourth-order valence-electron chi connectivity index (χ4n) is 1.42. The number of hydrogen-bond donors (Lipinski definition) is 1. The molecule has 3 heteroatoms. The third kappa shape index (κ3) is 1.03. The predicted octanol–water partition coefficient (Wildman–Crippen LogP) is 1.62. The summed E-state index contributed by atoms with van der Waals surface area (Å²) in [5.74, 6) is 0. The van der Waals surface area contributed by atoms with Gasteiger partial charge in [0.05, 0.1) is 0 Å². The van der Waals surface area contributed by atoms with Crippen molar-refractivity contribution < 1.29 is 0 Å². The molecule has 1 atom stereocenters. The van der Waals surface area contributed by atoms with Gasteiger partial charge in [-0.15, -0.1) is 0 Å². The second-order valence-corrected chi connectivity index (χ2v) is 3.96. The molecular formula is C7H10N2S. The Morgan fingerprint density at radius 3 is 3.30 bits per heavy atom. The van der Waals surface area contributed by atoms with Crippen molar-refractivity contribution in [1.29, 1.82) is 0 Å². The number of nitrogens with one attached hydrogen (secondary N) is 1. The van der Waals surface area contributed by atoms with Crippen LogP contribution < -0.4 is 5.43 Å². The van der Waals surface area contributed by atoms with Gasteiger partial charge in [-0.2, -0.15) is 5.10 Å². The van der Waals surface area contributed by atoms with Crippen LogP contribution in [-0.2, 0) is 0 Å². The third-order valence-corrected chi connectivity index (χ3v) is 3.04. The van der Waals surface area contributed by atoms with Crippen LogP contribution >= 0.6 is 11.8 Å². The van der Waals surface area contributed by atoms with Crippen LogP contribution in [0.4, 0.5) is 0 Å². The average molecular weight is 154 g/mol. The summed E-state index contributed by atoms with van der Waals surface area (Å²) in [5, 5.41) is 3.90. The molecule has 1 saturated carbocycles. The zero-order valence-corrected chi connectivity index (χ0v) is 6.58. The highest BCUT2D eigenvalue weighted by molar-refractivity contribution is 8.13. The predicted molar refractivity (Wildman–Crippen MR) is 43.7 cm³/mol. The highest BCUT2D eigenvalue weighted by Crippen LogP contribution is 2.38. The fraction of sp³-hybridized carbons (Fsp3) is 0.714. The van der Waals surface area contributed by atoms with Crippen LogP contribution in [0.5, 0.6) is 0 Å². The van der Waals surface area contributed by atoms with Crippen molar-refractivity contribution in [2.24, 2.45) is 5.10 Å². The van der Waals surface area contributed by atoms with E-state index in [1.165, 1.54) is 19.3 Å². The minimum Gasteiger partial charge on any atom is -0.292 e. The Balaban J connectivity index is 2.00. The lowest BCUT2D eigenvalue weighted by Crippen LogP contribution is -2.37. The summed E-state index contributed by atoms with van der Waals surface area (Å²) in [6, 6.07) is 0. The van der Waals surface area contributed by atoms with Gasteiger partial charge in [-0.05, 0) is 32.1 Å². The van der Waals surface area contributed by atoms with Crippen molar-refractivity contribution >= 4 is 17.3 Å². The van der Waals surface area contributed by atoms with Crippen LogP contribution in [0.2, 0.25) is 0 Å². The van der Waals surface area contributed by atoms with Crippen LogP contribution in [0, 0.1) is 6.42 Å². The summed E-state index contributed by atoms with van der Waals surface area (Å²) in [7, 11) is 0. The molecule has 0 aromatic heterocycles. The molecule has 54 valence electrons. The summed E-state index contributed by atoms with van der Waals surface area (Å²) in [4.78, 5) is 0.207. The molecule has 1 fully saturated rings. The van der Waals surface area contributed by atoms with Gasteiger partial charge in [0.1, 0.15) is 4.87 Å². The summed E-state index contributed by atoms with van der Waals surface area (Å²) in [6.45, 7) is 0. The molecule has 2 aliphatic rings. The van der Waals surface area contributed by atoms with E-state index in [1.54, 1.807) is 11.8 Å². The van der Waals surface area contributed by atoms with E-state index in [0.717, 1.165) is 6.42 Å². The molecule has 0 amide bonds. The molecular weight excluding hydrogens is 144 g/mol. The Kier molecular flexibility index (Phi) is 1.60. The van der Waals surface area contributed by atoms with Gasteiger partial charge in [0.2, 0.25) is 0 Å². The topological polar surface area (TPSA) is 24.4 Å². The van der Waals surface area contributed by atoms with Gasteiger partial charge < -0.3 is 0 Å². The summed E-state index contributed by atoms with van der Waals surface area (Å²) in [6.07, 6.45) is 7.26. The standard InChI is InChI=1S/C7H10N2S/c1-2-4-7(5-3-1)9-8-6-10-7/h2,9H,1,3-5H2. The van der Waals surface area contributed by atoms with Gasteiger partial charge in [0, 0.05) is 0 Å². The Morgan fingerprint density at radius 2 is 2.70 bits per heavy atom. The Morgan fingerprint density at radius 1 is 1.70 bits per heavy atom. The zero-order valence-electron chi connectivity index (χ0n) is 5.76. The van der Waals surface area contributed by atoms with E-state index in [4.69, 9.17) is 0 Å². The molecule has 0 saturated heterocycles. The lowest BCUT2D eigenvalue weighted by molar-refractivity contribution is 0.399. The molecule has 0 aromatic carbocycles. The van der Waals surface area contributed by atoms with Gasteiger partial charge in [-0.25, -0.2) is 0 Å². The van der Waals surface area contributed by atoms with Crippen molar-refractivity contribution in [2.45, 2.75) is 30.6 Å². The van der Waals surface area contributed by atoms with E-state index < -0.39 is 0 Å². The first-order chi connectivity index (χ1) is 4.91. The fourth-order valence-corrected chi connectivity index (χ4v) is 2.23. The number of hydrogen-bond acceptors (Lipinski definition) is 3. The quantitative estimate of drug-likeness (QED) is 0.573. The highest BCUT2D eigenvalue weighted by atomic mass is 32.2. The highest BCUT2D eigenvalue weighted by Gasteiger charge is 2.34. The normalized spacial score (nSPS) is 28.8. The maximum atomic E-state index is 3.90. The maximum Gasteiger partial charge on any atom is 0.152 e.